The van der Waals surface area contributed by atoms with Crippen molar-refractivity contribution in [3.63, 3.8) is 0 Å². The third kappa shape index (κ3) is 19.3. The van der Waals surface area contributed by atoms with Crippen molar-refractivity contribution < 1.29 is 69.2 Å². The molecule has 5 heterocycles. The molecule has 0 aliphatic carbocycles. The summed E-state index contributed by atoms with van der Waals surface area (Å²) in [6.07, 6.45) is -5.28. The van der Waals surface area contributed by atoms with Crippen LogP contribution in [0.15, 0.2) is 125 Å². The van der Waals surface area contributed by atoms with Crippen molar-refractivity contribution in [1.29, 1.82) is 0 Å². The van der Waals surface area contributed by atoms with Crippen LogP contribution >= 0.6 is 75.5 Å². The summed E-state index contributed by atoms with van der Waals surface area (Å²) in [6, 6.07) is 32.1. The summed E-state index contributed by atoms with van der Waals surface area (Å²) >= 11 is 15.7. The Kier molecular flexibility index (Phi) is 23.8. The highest BCUT2D eigenvalue weighted by atomic mass is 79.9. The molecule has 0 aromatic heterocycles. The molecule has 0 saturated carbocycles. The van der Waals surface area contributed by atoms with E-state index in [0.717, 1.165) is 100 Å². The second-order valence-electron chi connectivity index (χ2n) is 28.5. The number of aliphatic hydroxyl groups is 2. The van der Waals surface area contributed by atoms with Crippen molar-refractivity contribution in [3.05, 3.63) is 171 Å². The molecule has 6 aromatic carbocycles. The van der Waals surface area contributed by atoms with E-state index in [1.807, 2.05) is 70.2 Å². The summed E-state index contributed by atoms with van der Waals surface area (Å²) in [5.74, 6) is 2.47. The Morgan fingerprint density at radius 2 is 0.862 bits per heavy atom. The van der Waals surface area contributed by atoms with Gasteiger partial charge in [0.25, 0.3) is 0 Å². The van der Waals surface area contributed by atoms with Gasteiger partial charge in [0.05, 0.1) is 60.8 Å². The first kappa shape index (κ1) is 75.8. The van der Waals surface area contributed by atoms with Crippen LogP contribution in [0.4, 0.5) is 26.3 Å². The number of hydrogen-bond donors (Lipinski definition) is 2. The smallest absolute Gasteiger partial charge is 0.450 e. The lowest BCUT2D eigenvalue weighted by Crippen LogP contribution is -2.39. The Hall–Kier alpha value is -3.93. The molecule has 1 saturated heterocycles. The number of aryl methyl sites for hydroxylation is 2. The number of hydrogen-bond acceptors (Lipinski definition) is 10. The normalized spacial score (nSPS) is 18.0. The minimum absolute atomic E-state index is 0.101. The molecule has 0 radical (unpaired) electrons. The average Bonchev–Trinajstić information content (AvgIpc) is 1.57. The van der Waals surface area contributed by atoms with Gasteiger partial charge in [0.1, 0.15) is 23.0 Å². The number of carbonyl (C=O) groups is 1. The fourth-order valence-corrected chi connectivity index (χ4v) is 17.3. The number of epoxide rings is 1. The first-order chi connectivity index (χ1) is 43.5. The van der Waals surface area contributed by atoms with Crippen LogP contribution in [-0.2, 0) is 67.7 Å². The lowest BCUT2D eigenvalue weighted by Gasteiger charge is -2.35. The molecule has 0 amide bonds. The van der Waals surface area contributed by atoms with Crippen LogP contribution in [0.1, 0.15) is 151 Å². The van der Waals surface area contributed by atoms with Crippen LogP contribution in [-0.4, -0.2) is 93.9 Å². The van der Waals surface area contributed by atoms with E-state index in [0.29, 0.717) is 49.7 Å². The average molecular weight is 1600 g/mol. The maximum Gasteiger partial charge on any atom is 0.450 e. The Bertz CT molecular complexity index is 3730. The van der Waals surface area contributed by atoms with Crippen LogP contribution in [0.2, 0.25) is 0 Å². The Morgan fingerprint density at radius 1 is 0.521 bits per heavy atom. The van der Waals surface area contributed by atoms with Gasteiger partial charge in [-0.1, -0.05) is 155 Å². The van der Waals surface area contributed by atoms with Crippen LogP contribution in [0.3, 0.4) is 0 Å². The minimum atomic E-state index is -4.80. The number of rotatable bonds is 18. The number of benzene rings is 6. The van der Waals surface area contributed by atoms with Crippen LogP contribution < -0.4 is 18.9 Å². The fourth-order valence-electron chi connectivity index (χ4n) is 13.1. The molecule has 2 N–H and O–H groups in total. The number of carbonyl (C=O) groups excluding carboxylic acids is 1. The number of ketones is 1. The van der Waals surface area contributed by atoms with Crippen LogP contribution in [0.25, 0.3) is 0 Å². The SMILES string of the molecule is CC(C)(CC(=O)C(F)(F)F)c1cc(Br)cc2c1OCC2.CC(C)(C[C@]1(C(F)(F)F)CO1)c1cc(Br)cc2c1OCC2.Cc1ccc(SC[C@](C)(O)CC(C)(C)c2cc(Br)cc3c2OCC3)cc1.Cc1ccc([S@](=O)C[C@](C)(O)CC(C)(C)c2cc(Br)cc3c2OCC3)cc1. The number of alkyl halides is 6. The van der Waals surface area contributed by atoms with E-state index >= 15 is 0 Å². The summed E-state index contributed by atoms with van der Waals surface area (Å²) in [4.78, 5) is 13.2. The van der Waals surface area contributed by atoms with Crippen molar-refractivity contribution in [2.75, 3.05) is 44.5 Å². The fraction of sp³-hybridized carbons (Fsp3) is 0.493. The molecule has 0 spiro atoms. The standard InChI is InChI=1S/C22H27BrO3S.C22H27BrO2S.C15H16BrF3O2.C14H14BrF3O2/c1-15-5-7-18(8-6-15)27(25)14-22(4,24)13-21(2,3)19-12-17(23)11-16-9-10-26-20(16)19;1-15-5-7-18(8-6-15)26-14-22(4,24)13-21(2,3)19-12-17(23)11-16-9-10-25-20(16)19;1-13(2,7-14(8-21-14)15(17,18)19)11-6-10(16)5-9-3-4-20-12(9)11;1-13(2,7-11(19)14(16,17)18)10-6-9(15)5-8-3-4-20-12(8)10/h5-8,11-12,24H,9-10,13-14H2,1-4H3;5-8,11-12,24H,9-10,13-14H2,1-4H3;5-6H,3-4,7-8H2,1-2H3;5-6H,3-4,7H2,1-2H3/t22-,27-;22-;14-;/m111./s1. The summed E-state index contributed by atoms with van der Waals surface area (Å²) in [5.41, 5.74) is 4.61. The molecule has 4 atom stereocenters. The van der Waals surface area contributed by atoms with E-state index in [-0.39, 0.29) is 29.6 Å². The number of fused-ring (bicyclic) bond motifs is 4. The quantitative estimate of drug-likeness (QED) is 0.0488. The Labute approximate surface area is 589 Å². The van der Waals surface area contributed by atoms with E-state index in [2.05, 4.69) is 147 Å². The molecular formula is C73H84Br4F6O9S2. The molecule has 94 heavy (non-hydrogen) atoms. The van der Waals surface area contributed by atoms with Crippen molar-refractivity contribution in [2.24, 2.45) is 0 Å². The van der Waals surface area contributed by atoms with E-state index in [1.165, 1.54) is 27.1 Å². The van der Waals surface area contributed by atoms with Crippen molar-refractivity contribution in [2.45, 2.75) is 195 Å². The number of thioether (sulfide) groups is 1. The molecule has 6 aromatic rings. The largest absolute Gasteiger partial charge is 0.493 e. The lowest BCUT2D eigenvalue weighted by atomic mass is 9.75. The Balaban J connectivity index is 0.000000162. The van der Waals surface area contributed by atoms with Crippen LogP contribution in [0, 0.1) is 13.8 Å². The van der Waals surface area contributed by atoms with E-state index in [1.54, 1.807) is 38.6 Å². The minimum Gasteiger partial charge on any atom is -0.493 e. The first-order valence-corrected chi connectivity index (χ1v) is 36.7. The maximum absolute atomic E-state index is 13.1. The molecule has 512 valence electrons. The van der Waals surface area contributed by atoms with Gasteiger partial charge in [-0.2, -0.15) is 26.3 Å². The predicted molar refractivity (Wildman–Crippen MR) is 375 cm³/mol. The summed E-state index contributed by atoms with van der Waals surface area (Å²) in [6.45, 7) is 25.6. The number of Topliss-reactive ketones (excluding diaryl/α,β-unsaturated/α-hetero) is 1. The summed E-state index contributed by atoms with van der Waals surface area (Å²) in [5, 5.41) is 22.1. The van der Waals surface area contributed by atoms with Gasteiger partial charge in [-0.05, 0) is 158 Å². The molecule has 11 rings (SSSR count). The Morgan fingerprint density at radius 3 is 1.21 bits per heavy atom. The summed E-state index contributed by atoms with van der Waals surface area (Å²) in [7, 11) is -1.25. The highest BCUT2D eigenvalue weighted by molar-refractivity contribution is 9.11. The van der Waals surface area contributed by atoms with Crippen molar-refractivity contribution >= 4 is 92.1 Å². The molecule has 5 aliphatic heterocycles. The van der Waals surface area contributed by atoms with Gasteiger partial charge < -0.3 is 33.9 Å². The highest BCUT2D eigenvalue weighted by Gasteiger charge is 2.67. The molecule has 9 nitrogen and oxygen atoms in total. The first-order valence-electron chi connectivity index (χ1n) is 31.2. The van der Waals surface area contributed by atoms with E-state index in [4.69, 9.17) is 23.7 Å². The molecule has 5 aliphatic rings. The highest BCUT2D eigenvalue weighted by Crippen LogP contribution is 2.54. The van der Waals surface area contributed by atoms with Crippen molar-refractivity contribution in [1.82, 2.24) is 0 Å². The molecule has 0 unspecified atom stereocenters. The van der Waals surface area contributed by atoms with E-state index in [9.17, 15) is 45.6 Å². The van der Waals surface area contributed by atoms with Gasteiger partial charge in [0.15, 0.2) is 5.60 Å². The lowest BCUT2D eigenvalue weighted by molar-refractivity contribution is -0.189. The van der Waals surface area contributed by atoms with Gasteiger partial charge >= 0.3 is 12.4 Å². The second kappa shape index (κ2) is 29.5. The second-order valence-corrected chi connectivity index (χ2v) is 34.7. The predicted octanol–water partition coefficient (Wildman–Crippen LogP) is 19.4. The van der Waals surface area contributed by atoms with Crippen LogP contribution in [0.5, 0.6) is 23.0 Å². The molecule has 1 fully saturated rings. The molecular weight excluding hydrogens is 1520 g/mol. The van der Waals surface area contributed by atoms with Crippen molar-refractivity contribution in [3.8, 4) is 23.0 Å². The molecule has 0 bridgehead atoms. The van der Waals surface area contributed by atoms with Gasteiger partial charge in [0, 0.05) is 93.2 Å². The zero-order valence-corrected chi connectivity index (χ0v) is 63.2. The number of ether oxygens (including phenoxy) is 5. The third-order valence-corrected chi connectivity index (χ3v) is 22.4. The number of halogens is 10. The summed E-state index contributed by atoms with van der Waals surface area (Å²) < 4.78 is 121. The van der Waals surface area contributed by atoms with Gasteiger partial charge in [-0.25, -0.2) is 0 Å². The molecule has 21 heteroatoms. The third-order valence-electron chi connectivity index (χ3n) is 17.5. The zero-order valence-electron chi connectivity index (χ0n) is 55.2. The van der Waals surface area contributed by atoms with E-state index < -0.39 is 63.0 Å². The van der Waals surface area contributed by atoms with Gasteiger partial charge in [-0.3, -0.25) is 9.00 Å². The van der Waals surface area contributed by atoms with Gasteiger partial charge in [0.2, 0.25) is 5.78 Å². The monoisotopic (exact) mass is 1600 g/mol. The topological polar surface area (TPSA) is 124 Å². The van der Waals surface area contributed by atoms with Gasteiger partial charge in [-0.15, -0.1) is 11.8 Å². The zero-order chi connectivity index (χ0) is 69.4. The maximum atomic E-state index is 13.1.